The van der Waals surface area contributed by atoms with Crippen LogP contribution in [0.25, 0.3) is 10.1 Å². The van der Waals surface area contributed by atoms with Crippen LogP contribution in [0.15, 0.2) is 24.3 Å². The molecule has 2 rings (SSSR count). The lowest BCUT2D eigenvalue weighted by molar-refractivity contribution is -0.140. The van der Waals surface area contributed by atoms with Crippen molar-refractivity contribution < 1.29 is 14.7 Å². The van der Waals surface area contributed by atoms with Crippen LogP contribution in [-0.2, 0) is 4.79 Å². The number of rotatable bonds is 4. The first-order valence-corrected chi connectivity index (χ1v) is 7.25. The number of hydrogen-bond donors (Lipinski definition) is 2. The molecule has 20 heavy (non-hydrogen) atoms. The van der Waals surface area contributed by atoms with Crippen LogP contribution in [0.1, 0.15) is 29.1 Å². The molecular formula is C15H17NO3S. The summed E-state index contributed by atoms with van der Waals surface area (Å²) in [6.45, 7) is 5.44. The van der Waals surface area contributed by atoms with Gasteiger partial charge in [0.05, 0.1) is 4.88 Å². The Balaban J connectivity index is 2.32. The monoisotopic (exact) mass is 291 g/mol. The van der Waals surface area contributed by atoms with Crippen molar-refractivity contribution in [2.75, 3.05) is 0 Å². The van der Waals surface area contributed by atoms with Crippen LogP contribution in [-0.4, -0.2) is 23.0 Å². The van der Waals surface area contributed by atoms with Gasteiger partial charge >= 0.3 is 5.97 Å². The number of hydrogen-bond acceptors (Lipinski definition) is 3. The van der Waals surface area contributed by atoms with Gasteiger partial charge in [-0.15, -0.1) is 11.3 Å². The molecule has 1 aromatic heterocycles. The summed E-state index contributed by atoms with van der Waals surface area (Å²) >= 11 is 1.39. The molecule has 0 spiro atoms. The van der Waals surface area contributed by atoms with Gasteiger partial charge in [0.25, 0.3) is 5.91 Å². The standard InChI is InChI=1S/C15H17NO3S/c1-8(2)12(15(18)19)16-14(17)13-9(3)10-6-4-5-7-11(10)20-13/h4-8,12H,1-3H3,(H,16,17)(H,18,19). The van der Waals surface area contributed by atoms with Crippen LogP contribution in [0.2, 0.25) is 0 Å². The number of carboxylic acids is 1. The van der Waals surface area contributed by atoms with Crippen molar-refractivity contribution in [3.05, 3.63) is 34.7 Å². The van der Waals surface area contributed by atoms with Crippen molar-refractivity contribution in [1.29, 1.82) is 0 Å². The summed E-state index contributed by atoms with van der Waals surface area (Å²) in [6, 6.07) is 6.91. The van der Waals surface area contributed by atoms with Gasteiger partial charge in [0.2, 0.25) is 0 Å². The van der Waals surface area contributed by atoms with Crippen molar-refractivity contribution >= 4 is 33.3 Å². The Kier molecular flexibility index (Phi) is 4.09. The van der Waals surface area contributed by atoms with Crippen LogP contribution in [0.5, 0.6) is 0 Å². The number of fused-ring (bicyclic) bond motifs is 1. The van der Waals surface area contributed by atoms with Gasteiger partial charge in [0, 0.05) is 4.70 Å². The number of thiophene rings is 1. The highest BCUT2D eigenvalue weighted by atomic mass is 32.1. The predicted molar refractivity (Wildman–Crippen MR) is 80.3 cm³/mol. The number of carbonyl (C=O) groups excluding carboxylic acids is 1. The minimum Gasteiger partial charge on any atom is -0.480 e. The lowest BCUT2D eigenvalue weighted by atomic mass is 10.0. The highest BCUT2D eigenvalue weighted by molar-refractivity contribution is 7.21. The molecular weight excluding hydrogens is 274 g/mol. The van der Waals surface area contributed by atoms with Gasteiger partial charge in [-0.05, 0) is 29.9 Å². The van der Waals surface area contributed by atoms with Crippen molar-refractivity contribution in [3.8, 4) is 0 Å². The molecule has 1 aromatic carbocycles. The lowest BCUT2D eigenvalue weighted by Gasteiger charge is -2.17. The van der Waals surface area contributed by atoms with E-state index in [2.05, 4.69) is 5.32 Å². The number of carboxylic acid groups (broad SMARTS) is 1. The summed E-state index contributed by atoms with van der Waals surface area (Å²) in [4.78, 5) is 24.0. The Labute approximate surface area is 121 Å². The lowest BCUT2D eigenvalue weighted by Crippen LogP contribution is -2.44. The summed E-state index contributed by atoms with van der Waals surface area (Å²) in [5.41, 5.74) is 0.899. The minimum atomic E-state index is -1.01. The fourth-order valence-corrected chi connectivity index (χ4v) is 3.22. The van der Waals surface area contributed by atoms with Crippen molar-refractivity contribution in [2.24, 2.45) is 5.92 Å². The maximum absolute atomic E-state index is 12.3. The summed E-state index contributed by atoms with van der Waals surface area (Å²) < 4.78 is 1.03. The molecule has 0 aliphatic heterocycles. The number of nitrogens with one attached hydrogen (secondary N) is 1. The number of benzene rings is 1. The van der Waals surface area contributed by atoms with Gasteiger partial charge in [-0.3, -0.25) is 4.79 Å². The molecule has 2 aromatic rings. The number of aliphatic carboxylic acids is 1. The minimum absolute atomic E-state index is 0.161. The van der Waals surface area contributed by atoms with Gasteiger partial charge in [-0.1, -0.05) is 32.0 Å². The molecule has 0 bridgehead atoms. The zero-order chi connectivity index (χ0) is 14.9. The Morgan fingerprint density at radius 2 is 1.90 bits per heavy atom. The number of aryl methyl sites for hydroxylation is 1. The van der Waals surface area contributed by atoms with E-state index in [1.165, 1.54) is 11.3 Å². The molecule has 5 heteroatoms. The van der Waals surface area contributed by atoms with Crippen LogP contribution in [0, 0.1) is 12.8 Å². The van der Waals surface area contributed by atoms with Gasteiger partial charge in [0.1, 0.15) is 6.04 Å². The zero-order valence-electron chi connectivity index (χ0n) is 11.6. The van der Waals surface area contributed by atoms with E-state index in [1.54, 1.807) is 13.8 Å². The maximum atomic E-state index is 12.3. The Hall–Kier alpha value is -1.88. The molecule has 0 radical (unpaired) electrons. The van der Waals surface area contributed by atoms with Crippen LogP contribution < -0.4 is 5.32 Å². The first kappa shape index (κ1) is 14.5. The molecule has 0 fully saturated rings. The van der Waals surface area contributed by atoms with Gasteiger partial charge in [-0.2, -0.15) is 0 Å². The third-order valence-corrected chi connectivity index (χ3v) is 4.54. The fraction of sp³-hybridized carbons (Fsp3) is 0.333. The second kappa shape index (κ2) is 5.63. The summed E-state index contributed by atoms with van der Waals surface area (Å²) in [5.74, 6) is -1.48. The van der Waals surface area contributed by atoms with E-state index in [9.17, 15) is 9.59 Å². The predicted octanol–water partition coefficient (Wildman–Crippen LogP) is 3.05. The number of carbonyl (C=O) groups is 2. The summed E-state index contributed by atoms with van der Waals surface area (Å²) in [6.07, 6.45) is 0. The van der Waals surface area contributed by atoms with Crippen LogP contribution in [0.3, 0.4) is 0 Å². The number of amides is 1. The Morgan fingerprint density at radius 3 is 2.45 bits per heavy atom. The summed E-state index contributed by atoms with van der Waals surface area (Å²) in [7, 11) is 0. The molecule has 0 aliphatic carbocycles. The Morgan fingerprint density at radius 1 is 1.25 bits per heavy atom. The normalized spacial score (nSPS) is 12.6. The Bertz CT molecular complexity index is 660. The first-order valence-electron chi connectivity index (χ1n) is 6.43. The SMILES string of the molecule is Cc1c(C(=O)NC(C(=O)O)C(C)C)sc2ccccc12. The molecule has 4 nitrogen and oxygen atoms in total. The highest BCUT2D eigenvalue weighted by Gasteiger charge is 2.25. The van der Waals surface area contributed by atoms with E-state index in [0.29, 0.717) is 4.88 Å². The molecule has 1 heterocycles. The van der Waals surface area contributed by atoms with Crippen LogP contribution in [0.4, 0.5) is 0 Å². The van der Waals surface area contributed by atoms with Gasteiger partial charge in [-0.25, -0.2) is 4.79 Å². The molecule has 1 unspecified atom stereocenters. The average molecular weight is 291 g/mol. The fourth-order valence-electron chi connectivity index (χ4n) is 2.11. The second-order valence-corrected chi connectivity index (χ2v) is 6.14. The zero-order valence-corrected chi connectivity index (χ0v) is 12.5. The first-order chi connectivity index (χ1) is 9.41. The van der Waals surface area contributed by atoms with E-state index >= 15 is 0 Å². The molecule has 106 valence electrons. The van der Waals surface area contributed by atoms with E-state index in [1.807, 2.05) is 31.2 Å². The van der Waals surface area contributed by atoms with E-state index in [4.69, 9.17) is 5.11 Å². The second-order valence-electron chi connectivity index (χ2n) is 5.09. The van der Waals surface area contributed by atoms with Crippen LogP contribution >= 0.6 is 11.3 Å². The van der Waals surface area contributed by atoms with Gasteiger partial charge in [0.15, 0.2) is 0 Å². The van der Waals surface area contributed by atoms with Crippen molar-refractivity contribution in [1.82, 2.24) is 5.32 Å². The average Bonchev–Trinajstić information content (AvgIpc) is 2.73. The smallest absolute Gasteiger partial charge is 0.326 e. The third-order valence-electron chi connectivity index (χ3n) is 3.27. The van der Waals surface area contributed by atoms with Crippen molar-refractivity contribution in [3.63, 3.8) is 0 Å². The quantitative estimate of drug-likeness (QED) is 0.910. The van der Waals surface area contributed by atoms with Crippen molar-refractivity contribution in [2.45, 2.75) is 26.8 Å². The molecule has 0 aliphatic rings. The van der Waals surface area contributed by atoms with E-state index < -0.39 is 12.0 Å². The highest BCUT2D eigenvalue weighted by Crippen LogP contribution is 2.30. The molecule has 2 N–H and O–H groups in total. The summed E-state index contributed by atoms with van der Waals surface area (Å²) in [5, 5.41) is 12.8. The molecule has 0 saturated heterocycles. The maximum Gasteiger partial charge on any atom is 0.326 e. The molecule has 0 saturated carbocycles. The van der Waals surface area contributed by atoms with E-state index in [-0.39, 0.29) is 11.8 Å². The third kappa shape index (κ3) is 2.67. The largest absolute Gasteiger partial charge is 0.480 e. The van der Waals surface area contributed by atoms with Gasteiger partial charge < -0.3 is 10.4 Å². The topological polar surface area (TPSA) is 66.4 Å². The molecule has 1 amide bonds. The van der Waals surface area contributed by atoms with E-state index in [0.717, 1.165) is 15.6 Å². The molecule has 1 atom stereocenters.